The quantitative estimate of drug-likeness (QED) is 0.737. The SMILES string of the molecule is Cc1ccsc1C(=O)N(CC#N)C(C)C. The number of hydrogen-bond donors (Lipinski definition) is 0. The number of carbonyl (C=O) groups is 1. The number of aryl methyl sites for hydroxylation is 1. The zero-order chi connectivity index (χ0) is 11.4. The van der Waals surface area contributed by atoms with Gasteiger partial charge in [-0.1, -0.05) is 0 Å². The molecule has 0 saturated carbocycles. The van der Waals surface area contributed by atoms with Crippen LogP contribution in [-0.2, 0) is 0 Å². The van der Waals surface area contributed by atoms with E-state index in [0.717, 1.165) is 10.4 Å². The van der Waals surface area contributed by atoms with Gasteiger partial charge >= 0.3 is 0 Å². The van der Waals surface area contributed by atoms with Crippen molar-refractivity contribution in [2.75, 3.05) is 6.54 Å². The first-order valence-corrected chi connectivity index (χ1v) is 5.68. The summed E-state index contributed by atoms with van der Waals surface area (Å²) in [5.74, 6) is -0.0425. The van der Waals surface area contributed by atoms with Gasteiger partial charge < -0.3 is 4.90 Å². The van der Waals surface area contributed by atoms with E-state index in [1.165, 1.54) is 11.3 Å². The molecule has 15 heavy (non-hydrogen) atoms. The fourth-order valence-corrected chi connectivity index (χ4v) is 2.17. The number of nitrogens with zero attached hydrogens (tertiary/aromatic N) is 2. The van der Waals surface area contributed by atoms with E-state index in [2.05, 4.69) is 0 Å². The van der Waals surface area contributed by atoms with Gasteiger partial charge in [-0.15, -0.1) is 11.3 Å². The highest BCUT2D eigenvalue weighted by atomic mass is 32.1. The normalized spacial score (nSPS) is 10.1. The summed E-state index contributed by atoms with van der Waals surface area (Å²) in [7, 11) is 0. The van der Waals surface area contributed by atoms with Crippen molar-refractivity contribution >= 4 is 17.2 Å². The molecule has 0 N–H and O–H groups in total. The average molecular weight is 222 g/mol. The van der Waals surface area contributed by atoms with Gasteiger partial charge in [-0.2, -0.15) is 5.26 Å². The zero-order valence-electron chi connectivity index (χ0n) is 9.15. The third-order valence-corrected chi connectivity index (χ3v) is 3.19. The maximum atomic E-state index is 12.0. The highest BCUT2D eigenvalue weighted by molar-refractivity contribution is 7.12. The van der Waals surface area contributed by atoms with Crippen molar-refractivity contribution in [3.05, 3.63) is 21.9 Å². The third kappa shape index (κ3) is 2.57. The molecule has 0 radical (unpaired) electrons. The third-order valence-electron chi connectivity index (χ3n) is 2.18. The van der Waals surface area contributed by atoms with E-state index in [0.29, 0.717) is 0 Å². The molecular formula is C11H14N2OS. The maximum Gasteiger partial charge on any atom is 0.265 e. The summed E-state index contributed by atoms with van der Waals surface area (Å²) in [6.45, 7) is 5.89. The van der Waals surface area contributed by atoms with Crippen LogP contribution < -0.4 is 0 Å². The van der Waals surface area contributed by atoms with Crippen LogP contribution in [0.25, 0.3) is 0 Å². The molecule has 0 aliphatic heterocycles. The number of carbonyl (C=O) groups excluding carboxylic acids is 1. The molecule has 0 bridgehead atoms. The molecule has 1 aromatic rings. The Bertz CT molecular complexity index is 390. The molecule has 0 fully saturated rings. The Morgan fingerprint density at radius 3 is 2.73 bits per heavy atom. The fraction of sp³-hybridized carbons (Fsp3) is 0.455. The molecule has 1 heterocycles. The average Bonchev–Trinajstić information content (AvgIpc) is 2.59. The van der Waals surface area contributed by atoms with Gasteiger partial charge in [0.15, 0.2) is 0 Å². The first kappa shape index (κ1) is 11.7. The Morgan fingerprint density at radius 2 is 2.33 bits per heavy atom. The van der Waals surface area contributed by atoms with Crippen LogP contribution in [0.5, 0.6) is 0 Å². The van der Waals surface area contributed by atoms with Crippen LogP contribution in [-0.4, -0.2) is 23.4 Å². The largest absolute Gasteiger partial charge is 0.322 e. The number of thiophene rings is 1. The maximum absolute atomic E-state index is 12.0. The molecule has 1 amide bonds. The van der Waals surface area contributed by atoms with Crippen molar-refractivity contribution < 1.29 is 4.79 Å². The highest BCUT2D eigenvalue weighted by Gasteiger charge is 2.20. The van der Waals surface area contributed by atoms with Crippen molar-refractivity contribution in [2.24, 2.45) is 0 Å². The predicted molar refractivity (Wildman–Crippen MR) is 60.8 cm³/mol. The molecule has 0 aliphatic carbocycles. The molecule has 4 heteroatoms. The van der Waals surface area contributed by atoms with E-state index in [1.807, 2.05) is 38.3 Å². The molecule has 1 aromatic heterocycles. The molecule has 0 aromatic carbocycles. The van der Waals surface area contributed by atoms with Gasteiger partial charge in [-0.25, -0.2) is 0 Å². The van der Waals surface area contributed by atoms with Gasteiger partial charge in [0.25, 0.3) is 5.91 Å². The number of nitriles is 1. The van der Waals surface area contributed by atoms with Crippen molar-refractivity contribution in [1.82, 2.24) is 4.90 Å². The summed E-state index contributed by atoms with van der Waals surface area (Å²) < 4.78 is 0. The Labute approximate surface area is 93.9 Å². The van der Waals surface area contributed by atoms with Crippen molar-refractivity contribution in [2.45, 2.75) is 26.8 Å². The molecule has 0 aliphatic rings. The van der Waals surface area contributed by atoms with E-state index in [4.69, 9.17) is 5.26 Å². The second-order valence-corrected chi connectivity index (χ2v) is 4.53. The number of hydrogen-bond acceptors (Lipinski definition) is 3. The summed E-state index contributed by atoms with van der Waals surface area (Å²) in [5, 5.41) is 10.6. The van der Waals surface area contributed by atoms with Crippen LogP contribution in [0.15, 0.2) is 11.4 Å². The van der Waals surface area contributed by atoms with Gasteiger partial charge in [0.2, 0.25) is 0 Å². The topological polar surface area (TPSA) is 44.1 Å². The summed E-state index contributed by atoms with van der Waals surface area (Å²) in [6.07, 6.45) is 0. The summed E-state index contributed by atoms with van der Waals surface area (Å²) >= 11 is 1.43. The molecule has 0 atom stereocenters. The molecule has 3 nitrogen and oxygen atoms in total. The molecule has 1 rings (SSSR count). The van der Waals surface area contributed by atoms with E-state index < -0.39 is 0 Å². The smallest absolute Gasteiger partial charge is 0.265 e. The molecule has 80 valence electrons. The van der Waals surface area contributed by atoms with E-state index in [-0.39, 0.29) is 18.5 Å². The van der Waals surface area contributed by atoms with Crippen molar-refractivity contribution in [1.29, 1.82) is 5.26 Å². The minimum Gasteiger partial charge on any atom is -0.322 e. The van der Waals surface area contributed by atoms with Gasteiger partial charge in [0.1, 0.15) is 6.54 Å². The minimum absolute atomic E-state index is 0.0425. The van der Waals surface area contributed by atoms with E-state index >= 15 is 0 Å². The van der Waals surface area contributed by atoms with Gasteiger partial charge in [0.05, 0.1) is 10.9 Å². The lowest BCUT2D eigenvalue weighted by atomic mass is 10.2. The Morgan fingerprint density at radius 1 is 1.67 bits per heavy atom. The minimum atomic E-state index is -0.0425. The van der Waals surface area contributed by atoms with Gasteiger partial charge in [0, 0.05) is 6.04 Å². The lowest BCUT2D eigenvalue weighted by molar-refractivity contribution is 0.0735. The monoisotopic (exact) mass is 222 g/mol. The molecule has 0 spiro atoms. The highest BCUT2D eigenvalue weighted by Crippen LogP contribution is 2.18. The summed E-state index contributed by atoms with van der Waals surface area (Å²) in [4.78, 5) is 14.4. The lowest BCUT2D eigenvalue weighted by Gasteiger charge is -2.23. The fourth-order valence-electron chi connectivity index (χ4n) is 1.29. The van der Waals surface area contributed by atoms with Crippen LogP contribution in [0, 0.1) is 18.3 Å². The van der Waals surface area contributed by atoms with E-state index in [9.17, 15) is 4.79 Å². The number of amides is 1. The van der Waals surface area contributed by atoms with E-state index in [1.54, 1.807) is 4.90 Å². The first-order valence-electron chi connectivity index (χ1n) is 4.80. The first-order chi connectivity index (χ1) is 7.07. The molecule has 0 saturated heterocycles. The summed E-state index contributed by atoms with van der Waals surface area (Å²) in [5.41, 5.74) is 0.980. The molecule has 0 unspecified atom stereocenters. The van der Waals surface area contributed by atoms with Crippen LogP contribution in [0.3, 0.4) is 0 Å². The van der Waals surface area contributed by atoms with Crippen molar-refractivity contribution in [3.8, 4) is 6.07 Å². The van der Waals surface area contributed by atoms with Crippen LogP contribution >= 0.6 is 11.3 Å². The predicted octanol–water partition coefficient (Wildman–Crippen LogP) is 2.43. The second kappa shape index (κ2) is 4.94. The zero-order valence-corrected chi connectivity index (χ0v) is 9.97. The summed E-state index contributed by atoms with van der Waals surface area (Å²) in [6, 6.07) is 3.99. The van der Waals surface area contributed by atoms with Crippen LogP contribution in [0.4, 0.5) is 0 Å². The van der Waals surface area contributed by atoms with Gasteiger partial charge in [-0.3, -0.25) is 4.79 Å². The van der Waals surface area contributed by atoms with Gasteiger partial charge in [-0.05, 0) is 37.8 Å². The second-order valence-electron chi connectivity index (χ2n) is 3.62. The Hall–Kier alpha value is -1.34. The standard InChI is InChI=1S/C11H14N2OS/c1-8(2)13(6-5-12)11(14)10-9(3)4-7-15-10/h4,7-8H,6H2,1-3H3. The lowest BCUT2D eigenvalue weighted by Crippen LogP contribution is -2.37. The van der Waals surface area contributed by atoms with Crippen LogP contribution in [0.1, 0.15) is 29.1 Å². The molecular weight excluding hydrogens is 208 g/mol. The Balaban J connectivity index is 2.92. The van der Waals surface area contributed by atoms with Crippen molar-refractivity contribution in [3.63, 3.8) is 0 Å². The number of rotatable bonds is 3. The Kier molecular flexibility index (Phi) is 3.87. The van der Waals surface area contributed by atoms with Crippen LogP contribution in [0.2, 0.25) is 0 Å².